The SMILES string of the molecule is C=C(C)C1CC[C@]2(C(=O)OCc3ccccc3)CC[C@]3(C)[C@H](CC[C@@H]4[C@@]5(C)CCC(=O)NC(C)(C)C5CC[C@]43C)[C@@H]12. The highest BCUT2D eigenvalue weighted by atomic mass is 16.5. The van der Waals surface area contributed by atoms with Crippen molar-refractivity contribution in [2.24, 2.45) is 51.2 Å². The first-order chi connectivity index (χ1) is 19.3. The Morgan fingerprint density at radius 1 is 0.902 bits per heavy atom. The lowest BCUT2D eigenvalue weighted by Gasteiger charge is -2.71. The van der Waals surface area contributed by atoms with Gasteiger partial charge in [-0.1, -0.05) is 63.3 Å². The highest BCUT2D eigenvalue weighted by Gasteiger charge is 2.71. The summed E-state index contributed by atoms with van der Waals surface area (Å²) >= 11 is 0. The molecule has 1 heterocycles. The fourth-order valence-electron chi connectivity index (χ4n) is 12.2. The number of fused-ring (bicyclic) bond motifs is 7. The van der Waals surface area contributed by atoms with Crippen molar-refractivity contribution in [1.29, 1.82) is 0 Å². The molecule has 6 rings (SSSR count). The summed E-state index contributed by atoms with van der Waals surface area (Å²) in [4.78, 5) is 27.0. The summed E-state index contributed by atoms with van der Waals surface area (Å²) in [5.41, 5.74) is 2.21. The molecule has 224 valence electrons. The van der Waals surface area contributed by atoms with Crippen molar-refractivity contribution in [3.8, 4) is 0 Å². The van der Waals surface area contributed by atoms with Gasteiger partial charge in [-0.3, -0.25) is 9.59 Å². The second kappa shape index (κ2) is 9.71. The highest BCUT2D eigenvalue weighted by Crippen LogP contribution is 2.76. The molecule has 1 amide bonds. The van der Waals surface area contributed by atoms with E-state index in [0.29, 0.717) is 42.6 Å². The molecule has 1 aromatic carbocycles. The lowest BCUT2D eigenvalue weighted by atomic mass is 9.33. The average Bonchev–Trinajstić information content (AvgIpc) is 3.29. The molecule has 9 atom stereocenters. The molecule has 1 aliphatic heterocycles. The number of hydrogen-bond donors (Lipinski definition) is 1. The molecule has 0 radical (unpaired) electrons. The van der Waals surface area contributed by atoms with Gasteiger partial charge < -0.3 is 10.1 Å². The molecular weight excluding hydrogens is 506 g/mol. The van der Waals surface area contributed by atoms with Crippen molar-refractivity contribution in [3.63, 3.8) is 0 Å². The van der Waals surface area contributed by atoms with E-state index in [9.17, 15) is 9.59 Å². The number of amides is 1. The van der Waals surface area contributed by atoms with Crippen molar-refractivity contribution in [1.82, 2.24) is 5.32 Å². The van der Waals surface area contributed by atoms with Crippen LogP contribution in [-0.2, 0) is 20.9 Å². The highest BCUT2D eigenvalue weighted by molar-refractivity contribution is 5.78. The summed E-state index contributed by atoms with van der Waals surface area (Å²) in [6.07, 6.45) is 10.4. The van der Waals surface area contributed by atoms with E-state index in [4.69, 9.17) is 4.74 Å². The number of benzene rings is 1. The van der Waals surface area contributed by atoms with Crippen molar-refractivity contribution in [2.45, 2.75) is 118 Å². The fraction of sp³-hybridized carbons (Fsp3) is 0.730. The molecular formula is C37H53NO3. The normalized spacial score (nSPS) is 44.7. The Labute approximate surface area is 248 Å². The van der Waals surface area contributed by atoms with Crippen LogP contribution in [0.1, 0.15) is 111 Å². The number of hydrogen-bond acceptors (Lipinski definition) is 3. The van der Waals surface area contributed by atoms with Crippen LogP contribution in [0, 0.1) is 51.2 Å². The Bertz CT molecular complexity index is 1220. The number of ether oxygens (including phenoxy) is 1. The maximum Gasteiger partial charge on any atom is 0.312 e. The summed E-state index contributed by atoms with van der Waals surface area (Å²) in [5, 5.41) is 3.41. The fourth-order valence-corrected chi connectivity index (χ4v) is 12.2. The first-order valence-corrected chi connectivity index (χ1v) is 16.5. The van der Waals surface area contributed by atoms with Crippen LogP contribution < -0.4 is 5.32 Å². The van der Waals surface area contributed by atoms with Gasteiger partial charge in [0.15, 0.2) is 0 Å². The van der Waals surface area contributed by atoms with Crippen LogP contribution in [0.2, 0.25) is 0 Å². The largest absolute Gasteiger partial charge is 0.460 e. The van der Waals surface area contributed by atoms with Gasteiger partial charge in [-0.25, -0.2) is 0 Å². The van der Waals surface area contributed by atoms with Crippen LogP contribution in [0.4, 0.5) is 0 Å². The molecule has 0 spiro atoms. The van der Waals surface area contributed by atoms with E-state index in [1.165, 1.54) is 24.8 Å². The number of carbonyl (C=O) groups excluding carboxylic acids is 2. The van der Waals surface area contributed by atoms with E-state index < -0.39 is 5.41 Å². The Morgan fingerprint density at radius 2 is 1.63 bits per heavy atom. The van der Waals surface area contributed by atoms with E-state index in [1.807, 2.05) is 30.3 Å². The van der Waals surface area contributed by atoms with E-state index in [1.54, 1.807) is 0 Å². The molecule has 4 heteroatoms. The van der Waals surface area contributed by atoms with Gasteiger partial charge in [-0.2, -0.15) is 0 Å². The zero-order valence-electron chi connectivity index (χ0n) is 26.5. The predicted molar refractivity (Wildman–Crippen MR) is 164 cm³/mol. The van der Waals surface area contributed by atoms with Gasteiger partial charge in [0, 0.05) is 12.0 Å². The summed E-state index contributed by atoms with van der Waals surface area (Å²) in [6, 6.07) is 10.1. The zero-order valence-corrected chi connectivity index (χ0v) is 26.5. The Hall–Kier alpha value is -2.10. The smallest absolute Gasteiger partial charge is 0.312 e. The van der Waals surface area contributed by atoms with Gasteiger partial charge in [0.25, 0.3) is 0 Å². The van der Waals surface area contributed by atoms with Gasteiger partial charge in [-0.15, -0.1) is 0 Å². The molecule has 1 N–H and O–H groups in total. The standard InChI is InChI=1S/C37H53NO3/c1-24(2)26-15-20-37(32(40)41-23-25-11-9-8-10-12-25)22-21-35(6)27(31(26)37)13-14-29-34(5)18-17-30(39)38-33(3,4)28(34)16-19-36(29,35)7/h8-12,26-29,31H,1,13-23H2,2-7H3,(H,38,39)/t26?,27-,28?,29-,31-,34+,35-,36-,37+/m1/s1. The molecule has 0 bridgehead atoms. The molecule has 41 heavy (non-hydrogen) atoms. The van der Waals surface area contributed by atoms with E-state index in [2.05, 4.69) is 53.4 Å². The number of esters is 1. The van der Waals surface area contributed by atoms with Crippen LogP contribution >= 0.6 is 0 Å². The summed E-state index contributed by atoms with van der Waals surface area (Å²) < 4.78 is 6.17. The number of carbonyl (C=O) groups is 2. The van der Waals surface area contributed by atoms with Crippen LogP contribution in [0.5, 0.6) is 0 Å². The van der Waals surface area contributed by atoms with Gasteiger partial charge in [-0.05, 0) is 130 Å². The third kappa shape index (κ3) is 4.12. The first kappa shape index (κ1) is 29.0. The Kier molecular flexibility index (Phi) is 6.87. The summed E-state index contributed by atoms with van der Waals surface area (Å²) in [6.45, 7) is 19.3. The quantitative estimate of drug-likeness (QED) is 0.298. The third-order valence-electron chi connectivity index (χ3n) is 14.2. The predicted octanol–water partition coefficient (Wildman–Crippen LogP) is 8.26. The van der Waals surface area contributed by atoms with Crippen molar-refractivity contribution in [2.75, 3.05) is 0 Å². The molecule has 5 aliphatic rings. The van der Waals surface area contributed by atoms with Crippen LogP contribution in [-0.4, -0.2) is 17.4 Å². The molecule has 1 saturated heterocycles. The van der Waals surface area contributed by atoms with E-state index >= 15 is 0 Å². The van der Waals surface area contributed by atoms with Crippen molar-refractivity contribution < 1.29 is 14.3 Å². The van der Waals surface area contributed by atoms with Crippen LogP contribution in [0.3, 0.4) is 0 Å². The summed E-state index contributed by atoms with van der Waals surface area (Å²) in [5.74, 6) is 2.52. The molecule has 4 saturated carbocycles. The van der Waals surface area contributed by atoms with Crippen LogP contribution in [0.15, 0.2) is 42.5 Å². The van der Waals surface area contributed by atoms with Gasteiger partial charge >= 0.3 is 5.97 Å². The third-order valence-corrected chi connectivity index (χ3v) is 14.2. The minimum atomic E-state index is -0.395. The van der Waals surface area contributed by atoms with Crippen molar-refractivity contribution >= 4 is 11.9 Å². The van der Waals surface area contributed by atoms with Gasteiger partial charge in [0.2, 0.25) is 5.91 Å². The number of allylic oxidation sites excluding steroid dienone is 1. The minimum Gasteiger partial charge on any atom is -0.460 e. The summed E-state index contributed by atoms with van der Waals surface area (Å²) in [7, 11) is 0. The van der Waals surface area contributed by atoms with Gasteiger partial charge in [0.1, 0.15) is 6.61 Å². The number of rotatable bonds is 4. The Morgan fingerprint density at radius 3 is 2.34 bits per heavy atom. The molecule has 4 aliphatic carbocycles. The minimum absolute atomic E-state index is 0.0372. The lowest BCUT2D eigenvalue weighted by Crippen LogP contribution is -2.66. The second-order valence-corrected chi connectivity index (χ2v) is 16.2. The topological polar surface area (TPSA) is 55.4 Å². The molecule has 5 fully saturated rings. The van der Waals surface area contributed by atoms with Crippen molar-refractivity contribution in [3.05, 3.63) is 48.0 Å². The zero-order chi connectivity index (χ0) is 29.4. The maximum atomic E-state index is 14.2. The molecule has 2 unspecified atom stereocenters. The average molecular weight is 560 g/mol. The van der Waals surface area contributed by atoms with Gasteiger partial charge in [0.05, 0.1) is 5.41 Å². The Balaban J connectivity index is 1.35. The molecule has 1 aromatic rings. The number of nitrogens with one attached hydrogen (secondary N) is 1. The van der Waals surface area contributed by atoms with Crippen LogP contribution in [0.25, 0.3) is 0 Å². The maximum absolute atomic E-state index is 14.2. The van der Waals surface area contributed by atoms with E-state index in [0.717, 1.165) is 44.1 Å². The van der Waals surface area contributed by atoms with E-state index in [-0.39, 0.29) is 33.7 Å². The second-order valence-electron chi connectivity index (χ2n) is 16.2. The monoisotopic (exact) mass is 559 g/mol. The molecule has 4 nitrogen and oxygen atoms in total. The lowest BCUT2D eigenvalue weighted by molar-refractivity contribution is -0.227. The molecule has 0 aromatic heterocycles. The first-order valence-electron chi connectivity index (χ1n) is 16.5.